The molecule has 45 heavy (non-hydrogen) atoms. The minimum absolute atomic E-state index is 0.140. The van der Waals surface area contributed by atoms with Crippen LogP contribution >= 0.6 is 0 Å². The number of likely N-dealkylation sites (tertiary alicyclic amines) is 1. The summed E-state index contributed by atoms with van der Waals surface area (Å²) in [6, 6.07) is 14.3. The van der Waals surface area contributed by atoms with E-state index in [0.717, 1.165) is 11.1 Å². The summed E-state index contributed by atoms with van der Waals surface area (Å²) < 4.78 is 4.76. The zero-order valence-corrected chi connectivity index (χ0v) is 25.5. The number of rotatable bonds is 22. The van der Waals surface area contributed by atoms with Crippen LogP contribution in [0.15, 0.2) is 54.6 Å². The van der Waals surface area contributed by atoms with E-state index in [0.29, 0.717) is 63.8 Å². The minimum atomic E-state index is -1.05. The Bertz CT molecular complexity index is 1270. The van der Waals surface area contributed by atoms with Gasteiger partial charge in [0, 0.05) is 37.9 Å². The van der Waals surface area contributed by atoms with Gasteiger partial charge in [-0.25, -0.2) is 5.43 Å². The van der Waals surface area contributed by atoms with Crippen LogP contribution in [0, 0.1) is 0 Å². The fraction of sp³-hybridized carbons (Fsp3) is 0.455. The lowest BCUT2D eigenvalue weighted by Gasteiger charge is -2.22. The molecule has 12 nitrogen and oxygen atoms in total. The Kier molecular flexibility index (Phi) is 14.9. The summed E-state index contributed by atoms with van der Waals surface area (Å²) in [6.45, 7) is 1.31. The number of unbranched alkanes of at least 4 members (excludes halogenated alkanes) is 3. The molecule has 1 fully saturated rings. The molecule has 2 aromatic carbocycles. The van der Waals surface area contributed by atoms with Crippen LogP contribution in [0.25, 0.3) is 0 Å². The lowest BCUT2D eigenvalue weighted by atomic mass is 9.94. The van der Waals surface area contributed by atoms with E-state index in [1.54, 1.807) is 24.3 Å². The van der Waals surface area contributed by atoms with Crippen LogP contribution in [0.1, 0.15) is 68.9 Å². The van der Waals surface area contributed by atoms with Crippen molar-refractivity contribution in [1.29, 1.82) is 0 Å². The monoisotopic (exact) mass is 621 g/mol. The normalized spacial score (nSPS) is 14.1. The van der Waals surface area contributed by atoms with Crippen molar-refractivity contribution in [2.45, 2.75) is 82.9 Å². The van der Waals surface area contributed by atoms with Crippen LogP contribution in [0.2, 0.25) is 0 Å². The summed E-state index contributed by atoms with van der Waals surface area (Å²) in [5, 5.41) is 2.78. The van der Waals surface area contributed by atoms with Gasteiger partial charge in [0.25, 0.3) is 6.47 Å². The summed E-state index contributed by atoms with van der Waals surface area (Å²) in [7, 11) is 0. The Morgan fingerprint density at radius 3 is 2.20 bits per heavy atom. The first-order valence-electron chi connectivity index (χ1n) is 15.4. The molecule has 0 bridgehead atoms. The Hall–Kier alpha value is -4.42. The fourth-order valence-corrected chi connectivity index (χ4v) is 5.02. The molecule has 2 atom stereocenters. The number of benzene rings is 2. The second kappa shape index (κ2) is 19.1. The number of imide groups is 1. The highest BCUT2D eigenvalue weighted by Crippen LogP contribution is 2.15. The Morgan fingerprint density at radius 1 is 0.844 bits per heavy atom. The molecule has 0 radical (unpaired) electrons. The lowest BCUT2D eigenvalue weighted by Crippen LogP contribution is -2.51. The molecule has 0 aromatic heterocycles. The number of hydrazine groups is 1. The molecule has 5 N–H and O–H groups in total. The Morgan fingerprint density at radius 2 is 1.53 bits per heavy atom. The maximum Gasteiger partial charge on any atom is 0.293 e. The molecule has 0 spiro atoms. The molecule has 12 heteroatoms. The van der Waals surface area contributed by atoms with Crippen LogP contribution < -0.4 is 21.9 Å². The van der Waals surface area contributed by atoms with Gasteiger partial charge >= 0.3 is 0 Å². The average Bonchev–Trinajstić information content (AvgIpc) is 3.37. The number of ketones is 2. The summed E-state index contributed by atoms with van der Waals surface area (Å²) >= 11 is 0. The highest BCUT2D eigenvalue weighted by Gasteiger charge is 2.32. The molecule has 1 saturated heterocycles. The molecule has 0 aliphatic carbocycles. The smallest absolute Gasteiger partial charge is 0.293 e. The molecular weight excluding hydrogens is 578 g/mol. The van der Waals surface area contributed by atoms with Gasteiger partial charge in [0.05, 0.1) is 12.1 Å². The number of carbonyl (C=O) groups excluding carboxylic acids is 6. The molecule has 3 rings (SSSR count). The van der Waals surface area contributed by atoms with Crippen molar-refractivity contribution in [1.82, 2.24) is 15.6 Å². The van der Waals surface area contributed by atoms with Crippen molar-refractivity contribution in [2.75, 3.05) is 18.5 Å². The topological polar surface area (TPSA) is 177 Å². The van der Waals surface area contributed by atoms with Crippen LogP contribution in [0.4, 0.5) is 5.69 Å². The second-order valence-corrected chi connectivity index (χ2v) is 11.0. The average molecular weight is 622 g/mol. The molecule has 1 aliphatic rings. The third-order valence-electron chi connectivity index (χ3n) is 7.54. The quantitative estimate of drug-likeness (QED) is 0.0502. The van der Waals surface area contributed by atoms with E-state index in [-0.39, 0.29) is 50.0 Å². The molecule has 242 valence electrons. The molecular formula is C33H43N5O7. The van der Waals surface area contributed by atoms with Gasteiger partial charge in [-0.15, -0.1) is 0 Å². The van der Waals surface area contributed by atoms with E-state index in [4.69, 9.17) is 10.5 Å². The van der Waals surface area contributed by atoms with Gasteiger partial charge in [-0.05, 0) is 55.5 Å². The van der Waals surface area contributed by atoms with Gasteiger partial charge in [0.1, 0.15) is 6.61 Å². The first-order chi connectivity index (χ1) is 21.8. The largest absolute Gasteiger partial charge is 0.463 e. The van der Waals surface area contributed by atoms with Gasteiger partial charge in [0.15, 0.2) is 0 Å². The molecule has 1 heterocycles. The highest BCUT2D eigenvalue weighted by molar-refractivity contribution is 6.41. The first-order valence-corrected chi connectivity index (χ1v) is 15.4. The van der Waals surface area contributed by atoms with Crippen LogP contribution in [-0.2, 0) is 46.5 Å². The van der Waals surface area contributed by atoms with Gasteiger partial charge in [-0.3, -0.25) is 33.7 Å². The number of ether oxygens (including phenoxy) is 1. The SMILES string of the molecule is NCCCC[C@H](NNc1ccc(COC=O)cc1)C(=O)C(=O)[C@H](Cc1ccccc1)NC(=O)CCCCCN1C(=O)CCC1=O. The van der Waals surface area contributed by atoms with Crippen molar-refractivity contribution >= 4 is 41.4 Å². The van der Waals surface area contributed by atoms with Crippen LogP contribution in [-0.4, -0.2) is 65.8 Å². The maximum absolute atomic E-state index is 13.6. The molecule has 1 aliphatic heterocycles. The van der Waals surface area contributed by atoms with Crippen molar-refractivity contribution in [3.63, 3.8) is 0 Å². The predicted molar refractivity (Wildman–Crippen MR) is 167 cm³/mol. The second-order valence-electron chi connectivity index (χ2n) is 11.0. The molecule has 3 amide bonds. The minimum Gasteiger partial charge on any atom is -0.463 e. The number of nitrogens with two attached hydrogens (primary N) is 1. The molecule has 0 unspecified atom stereocenters. The Balaban J connectivity index is 1.61. The summed E-state index contributed by atoms with van der Waals surface area (Å²) in [5.74, 6) is -2.03. The lowest BCUT2D eigenvalue weighted by molar-refractivity contribution is -0.140. The number of nitrogens with zero attached hydrogens (tertiary/aromatic N) is 1. The predicted octanol–water partition coefficient (Wildman–Crippen LogP) is 2.35. The third-order valence-corrected chi connectivity index (χ3v) is 7.54. The number of anilines is 1. The maximum atomic E-state index is 13.6. The zero-order valence-electron chi connectivity index (χ0n) is 25.5. The van der Waals surface area contributed by atoms with Crippen LogP contribution in [0.5, 0.6) is 0 Å². The number of hydrogen-bond acceptors (Lipinski definition) is 10. The third kappa shape index (κ3) is 11.9. The van der Waals surface area contributed by atoms with E-state index >= 15 is 0 Å². The summed E-state index contributed by atoms with van der Waals surface area (Å²) in [5.41, 5.74) is 13.8. The number of carbonyl (C=O) groups is 6. The van der Waals surface area contributed by atoms with E-state index in [1.807, 2.05) is 30.3 Å². The zero-order chi connectivity index (χ0) is 32.4. The van der Waals surface area contributed by atoms with Gasteiger partial charge < -0.3 is 21.2 Å². The summed E-state index contributed by atoms with van der Waals surface area (Å²) in [4.78, 5) is 75.4. The fourth-order valence-electron chi connectivity index (χ4n) is 5.02. The Labute approximate surface area is 263 Å². The number of Topliss-reactive ketones (excluding diaryl/α,β-unsaturated/α-hetero) is 2. The van der Waals surface area contributed by atoms with Crippen molar-refractivity contribution in [3.8, 4) is 0 Å². The van der Waals surface area contributed by atoms with Crippen molar-refractivity contribution in [3.05, 3.63) is 65.7 Å². The highest BCUT2D eigenvalue weighted by atomic mass is 16.5. The van der Waals surface area contributed by atoms with Crippen molar-refractivity contribution < 1.29 is 33.5 Å². The van der Waals surface area contributed by atoms with Crippen LogP contribution in [0.3, 0.4) is 0 Å². The summed E-state index contributed by atoms with van der Waals surface area (Å²) in [6.07, 6.45) is 4.18. The van der Waals surface area contributed by atoms with E-state index in [2.05, 4.69) is 16.2 Å². The van der Waals surface area contributed by atoms with Gasteiger partial charge in [-0.2, -0.15) is 0 Å². The molecule has 0 saturated carbocycles. The molecule has 2 aromatic rings. The van der Waals surface area contributed by atoms with E-state index < -0.39 is 23.7 Å². The standard InChI is InChI=1S/C33H43N5O7/c34-19-7-6-11-27(37-36-26-15-13-25(14-16-26)22-45-23-39)32(43)33(44)28(21-24-9-3-1-4-10-24)35-29(40)12-5-2-8-20-38-30(41)17-18-31(38)42/h1,3-4,9-10,13-16,23,27-28,36-37H,2,5-8,11-12,17-22,34H2,(H,35,40)/t27-,28-/m0/s1. The number of nitrogens with one attached hydrogen (secondary N) is 3. The number of amides is 3. The van der Waals surface area contributed by atoms with E-state index in [1.165, 1.54) is 4.90 Å². The van der Waals surface area contributed by atoms with Gasteiger partial charge in [-0.1, -0.05) is 55.3 Å². The van der Waals surface area contributed by atoms with Crippen molar-refractivity contribution in [2.24, 2.45) is 5.73 Å². The first kappa shape index (κ1) is 35.1. The van der Waals surface area contributed by atoms with E-state index in [9.17, 15) is 28.8 Å². The number of hydrogen-bond donors (Lipinski definition) is 4. The van der Waals surface area contributed by atoms with Gasteiger partial charge in [0.2, 0.25) is 29.3 Å².